The van der Waals surface area contributed by atoms with Gasteiger partial charge in [0.15, 0.2) is 11.4 Å². The van der Waals surface area contributed by atoms with Crippen LogP contribution in [0.4, 0.5) is 4.79 Å². The summed E-state index contributed by atoms with van der Waals surface area (Å²) in [6.07, 6.45) is -0.462. The normalized spacial score (nSPS) is 18.4. The highest BCUT2D eigenvalue weighted by atomic mass is 35.5. The molecular weight excluding hydrogens is 546 g/mol. The number of amides is 1. The molecule has 0 aliphatic carbocycles. The Labute approximate surface area is 233 Å². The number of hydrogen-bond acceptors (Lipinski definition) is 9. The van der Waals surface area contributed by atoms with Crippen molar-refractivity contribution in [3.05, 3.63) is 91.9 Å². The van der Waals surface area contributed by atoms with Gasteiger partial charge in [0.05, 0.1) is 13.7 Å². The van der Waals surface area contributed by atoms with E-state index in [1.807, 2.05) is 24.3 Å². The van der Waals surface area contributed by atoms with Crippen LogP contribution in [-0.4, -0.2) is 55.2 Å². The number of fused-ring (bicyclic) bond motifs is 2. The van der Waals surface area contributed by atoms with Gasteiger partial charge in [-0.15, -0.1) is 11.8 Å². The first-order chi connectivity index (χ1) is 18.9. The van der Waals surface area contributed by atoms with Crippen molar-refractivity contribution in [2.75, 3.05) is 27.1 Å². The summed E-state index contributed by atoms with van der Waals surface area (Å²) in [4.78, 5) is 42.7. The van der Waals surface area contributed by atoms with E-state index in [4.69, 9.17) is 31.5 Å². The number of nitrogens with two attached hydrogens (primary N) is 1. The lowest BCUT2D eigenvalue weighted by atomic mass is 9.92. The molecule has 1 fully saturated rings. The molecule has 39 heavy (non-hydrogen) atoms. The van der Waals surface area contributed by atoms with Crippen molar-refractivity contribution in [3.63, 3.8) is 0 Å². The lowest BCUT2D eigenvalue weighted by Crippen LogP contribution is -2.55. The number of carbonyl (C=O) groups excluding carboxylic acids is 2. The Hall–Kier alpha value is -3.51. The zero-order valence-corrected chi connectivity index (χ0v) is 22.5. The fourth-order valence-electron chi connectivity index (χ4n) is 4.75. The van der Waals surface area contributed by atoms with Gasteiger partial charge in [0.2, 0.25) is 12.2 Å². The van der Waals surface area contributed by atoms with Gasteiger partial charge in [-0.2, -0.15) is 0 Å². The summed E-state index contributed by atoms with van der Waals surface area (Å²) in [7, 11) is 1.14. The first-order valence-electron chi connectivity index (χ1n) is 12.1. The number of methoxy groups -OCH3 is 1. The highest BCUT2D eigenvalue weighted by Crippen LogP contribution is 2.41. The molecule has 2 aromatic carbocycles. The van der Waals surface area contributed by atoms with Crippen molar-refractivity contribution < 1.29 is 28.5 Å². The van der Waals surface area contributed by atoms with E-state index in [1.165, 1.54) is 17.2 Å². The number of thioether (sulfide) groups is 1. The van der Waals surface area contributed by atoms with Gasteiger partial charge in [-0.3, -0.25) is 9.59 Å². The molecule has 2 atom stereocenters. The van der Waals surface area contributed by atoms with Gasteiger partial charge >= 0.3 is 6.16 Å². The van der Waals surface area contributed by atoms with E-state index in [2.05, 4.69) is 21.9 Å². The number of pyridine rings is 1. The van der Waals surface area contributed by atoms with Crippen LogP contribution in [0.1, 0.15) is 38.8 Å². The van der Waals surface area contributed by atoms with Gasteiger partial charge in [-0.1, -0.05) is 35.9 Å². The molecule has 1 saturated heterocycles. The number of hydrogen-bond donors (Lipinski definition) is 2. The molecule has 2 aliphatic rings. The molecule has 204 valence electrons. The van der Waals surface area contributed by atoms with Gasteiger partial charge in [0.1, 0.15) is 12.3 Å². The van der Waals surface area contributed by atoms with E-state index in [-0.39, 0.29) is 24.6 Å². The fourth-order valence-corrected chi connectivity index (χ4v) is 6.27. The second-order valence-electron chi connectivity index (χ2n) is 8.85. The van der Waals surface area contributed by atoms with Gasteiger partial charge in [-0.25, -0.2) is 4.79 Å². The maximum atomic E-state index is 13.6. The van der Waals surface area contributed by atoms with E-state index >= 15 is 0 Å². The Bertz CT molecular complexity index is 1460. The molecule has 3 aromatic rings. The second kappa shape index (κ2) is 11.7. The van der Waals surface area contributed by atoms with Crippen LogP contribution in [0.25, 0.3) is 0 Å². The number of benzene rings is 2. The quantitative estimate of drug-likeness (QED) is 0.346. The maximum absolute atomic E-state index is 13.6. The molecule has 2 aliphatic heterocycles. The largest absolute Gasteiger partial charge is 0.510 e. The lowest BCUT2D eigenvalue weighted by Gasteiger charge is -2.40. The van der Waals surface area contributed by atoms with E-state index in [9.17, 15) is 14.4 Å². The smallest absolute Gasteiger partial charge is 0.451 e. The van der Waals surface area contributed by atoms with Crippen LogP contribution in [0.5, 0.6) is 5.75 Å². The SMILES string of the molecule is COC(=O)OCOc1c(C(=O)N2CCOC(c3cccc4c3Cc3cccc(Cl)c3CS4)[C@H]2N)[nH]ccc1=O. The minimum Gasteiger partial charge on any atom is -0.451 e. The Morgan fingerprint density at radius 3 is 2.85 bits per heavy atom. The molecule has 1 aromatic heterocycles. The number of ether oxygens (including phenoxy) is 4. The van der Waals surface area contributed by atoms with Gasteiger partial charge in [0, 0.05) is 34.5 Å². The van der Waals surface area contributed by atoms with Crippen LogP contribution >= 0.6 is 23.4 Å². The predicted octanol–water partition coefficient (Wildman–Crippen LogP) is 3.84. The van der Waals surface area contributed by atoms with Gasteiger partial charge < -0.3 is 34.6 Å². The first kappa shape index (κ1) is 27.1. The molecule has 12 heteroatoms. The van der Waals surface area contributed by atoms with Crippen LogP contribution in [0.2, 0.25) is 5.02 Å². The standard InChI is InChI=1S/C27H26ClN3O7S/c1-35-27(34)38-14-37-24-20(32)8-9-30-22(24)26(33)31-10-11-36-23(25(31)29)16-5-3-7-21-17(16)12-15-4-2-6-19(28)18(15)13-39-21/h2-9,23,25H,10-14,29H2,1H3,(H,30,32)/t23?,25-/m0/s1. The third kappa shape index (κ3) is 5.48. The van der Waals surface area contributed by atoms with Crippen molar-refractivity contribution in [1.82, 2.24) is 9.88 Å². The fraction of sp³-hybridized carbons (Fsp3) is 0.296. The summed E-state index contributed by atoms with van der Waals surface area (Å²) in [5.41, 5.74) is 10.2. The number of aromatic nitrogens is 1. The van der Waals surface area contributed by atoms with Crippen molar-refractivity contribution in [3.8, 4) is 5.75 Å². The summed E-state index contributed by atoms with van der Waals surface area (Å²) in [5.74, 6) is -0.0903. The third-order valence-corrected chi connectivity index (χ3v) is 8.15. The molecule has 3 heterocycles. The third-order valence-electron chi connectivity index (χ3n) is 6.67. The zero-order chi connectivity index (χ0) is 27.5. The Kier molecular flexibility index (Phi) is 8.12. The summed E-state index contributed by atoms with van der Waals surface area (Å²) >= 11 is 8.19. The van der Waals surface area contributed by atoms with Crippen molar-refractivity contribution in [2.45, 2.75) is 29.3 Å². The van der Waals surface area contributed by atoms with E-state index < -0.39 is 36.6 Å². The number of nitrogens with zero attached hydrogens (tertiary/aromatic N) is 1. The summed E-state index contributed by atoms with van der Waals surface area (Å²) in [6, 6.07) is 13.1. The van der Waals surface area contributed by atoms with Crippen LogP contribution in [0, 0.1) is 0 Å². The van der Waals surface area contributed by atoms with Gasteiger partial charge in [-0.05, 0) is 40.8 Å². The van der Waals surface area contributed by atoms with Crippen LogP contribution in [0.15, 0.2) is 58.4 Å². The highest BCUT2D eigenvalue weighted by molar-refractivity contribution is 7.98. The average molecular weight is 572 g/mol. The average Bonchev–Trinajstić information content (AvgIpc) is 3.14. The van der Waals surface area contributed by atoms with Crippen LogP contribution in [0.3, 0.4) is 0 Å². The van der Waals surface area contributed by atoms with Crippen molar-refractivity contribution in [2.24, 2.45) is 5.73 Å². The number of aromatic amines is 1. The van der Waals surface area contributed by atoms with Crippen molar-refractivity contribution >= 4 is 35.4 Å². The Morgan fingerprint density at radius 2 is 2.03 bits per heavy atom. The minimum absolute atomic E-state index is 0.113. The van der Waals surface area contributed by atoms with E-state index in [0.717, 1.165) is 45.0 Å². The number of H-pyrrole nitrogens is 1. The first-order valence-corrected chi connectivity index (χ1v) is 13.5. The molecule has 10 nitrogen and oxygen atoms in total. The summed E-state index contributed by atoms with van der Waals surface area (Å²) in [6.45, 7) is -0.174. The van der Waals surface area contributed by atoms with E-state index in [0.29, 0.717) is 6.42 Å². The van der Waals surface area contributed by atoms with Crippen LogP contribution in [-0.2, 0) is 26.4 Å². The number of morpholine rings is 1. The summed E-state index contributed by atoms with van der Waals surface area (Å²) < 4.78 is 20.6. The van der Waals surface area contributed by atoms with Crippen LogP contribution < -0.4 is 15.9 Å². The predicted molar refractivity (Wildman–Crippen MR) is 144 cm³/mol. The molecule has 1 amide bonds. The number of carbonyl (C=O) groups is 2. The maximum Gasteiger partial charge on any atom is 0.510 e. The molecular formula is C27H26ClN3O7S. The lowest BCUT2D eigenvalue weighted by molar-refractivity contribution is -0.0598. The van der Waals surface area contributed by atoms with Gasteiger partial charge in [0.25, 0.3) is 5.91 Å². The number of rotatable bonds is 5. The molecule has 3 N–H and O–H groups in total. The molecule has 0 spiro atoms. The molecule has 5 rings (SSSR count). The highest BCUT2D eigenvalue weighted by Gasteiger charge is 2.37. The van der Waals surface area contributed by atoms with E-state index in [1.54, 1.807) is 11.8 Å². The number of halogens is 1. The molecule has 0 radical (unpaired) electrons. The molecule has 1 unspecified atom stereocenters. The monoisotopic (exact) mass is 571 g/mol. The Balaban J connectivity index is 1.43. The Morgan fingerprint density at radius 1 is 1.21 bits per heavy atom. The second-order valence-corrected chi connectivity index (χ2v) is 10.3. The number of nitrogens with one attached hydrogen (secondary N) is 1. The molecule has 0 saturated carbocycles. The van der Waals surface area contributed by atoms with Crippen molar-refractivity contribution in [1.29, 1.82) is 0 Å². The molecule has 0 bridgehead atoms. The minimum atomic E-state index is -0.988. The zero-order valence-electron chi connectivity index (χ0n) is 21.0. The topological polar surface area (TPSA) is 133 Å². The summed E-state index contributed by atoms with van der Waals surface area (Å²) in [5, 5.41) is 0.739.